The Bertz CT molecular complexity index is 962. The molecular formula is C19H26BrN5O3S. The molecule has 2 aromatic heterocycles. The molecule has 1 aliphatic heterocycles. The Morgan fingerprint density at radius 3 is 2.38 bits per heavy atom. The number of sulfonamides is 1. The largest absolute Gasteiger partial charge is 0.353 e. The van der Waals surface area contributed by atoms with Gasteiger partial charge in [-0.25, -0.2) is 13.4 Å². The summed E-state index contributed by atoms with van der Waals surface area (Å²) in [5.74, 6) is 0.726. The van der Waals surface area contributed by atoms with Crippen LogP contribution in [0.3, 0.4) is 0 Å². The first-order valence-corrected chi connectivity index (χ1v) is 11.8. The third-order valence-electron chi connectivity index (χ3n) is 5.14. The zero-order valence-electron chi connectivity index (χ0n) is 16.9. The van der Waals surface area contributed by atoms with Crippen molar-refractivity contribution in [2.45, 2.75) is 18.7 Å². The number of piperazine rings is 1. The van der Waals surface area contributed by atoms with Crippen LogP contribution in [0.1, 0.15) is 24.3 Å². The second-order valence-electron chi connectivity index (χ2n) is 6.88. The van der Waals surface area contributed by atoms with Crippen molar-refractivity contribution < 1.29 is 13.2 Å². The number of hydrogen-bond donors (Lipinski definition) is 0. The first-order valence-electron chi connectivity index (χ1n) is 9.60. The van der Waals surface area contributed by atoms with Crippen LogP contribution in [0.4, 0.5) is 5.82 Å². The molecule has 0 spiro atoms. The molecule has 0 bridgehead atoms. The van der Waals surface area contributed by atoms with Crippen LogP contribution in [0, 0.1) is 0 Å². The second kappa shape index (κ2) is 8.85. The van der Waals surface area contributed by atoms with Gasteiger partial charge in [-0.1, -0.05) is 13.8 Å². The predicted molar refractivity (Wildman–Crippen MR) is 116 cm³/mol. The fraction of sp³-hybridized carbons (Fsp3) is 0.474. The third-order valence-corrected chi connectivity index (χ3v) is 7.63. The predicted octanol–water partition coefficient (Wildman–Crippen LogP) is 2.18. The summed E-state index contributed by atoms with van der Waals surface area (Å²) in [6.45, 7) is 6.85. The van der Waals surface area contributed by atoms with Gasteiger partial charge in [0.15, 0.2) is 0 Å². The van der Waals surface area contributed by atoms with Crippen molar-refractivity contribution in [3.63, 3.8) is 0 Å². The van der Waals surface area contributed by atoms with Gasteiger partial charge in [0.1, 0.15) is 16.4 Å². The van der Waals surface area contributed by atoms with Gasteiger partial charge in [-0.2, -0.15) is 4.31 Å². The molecule has 1 fully saturated rings. The van der Waals surface area contributed by atoms with Crippen LogP contribution in [-0.2, 0) is 17.1 Å². The lowest BCUT2D eigenvalue weighted by molar-refractivity contribution is 0.0737. The molecule has 3 heterocycles. The van der Waals surface area contributed by atoms with E-state index in [1.165, 1.54) is 16.6 Å². The van der Waals surface area contributed by atoms with Gasteiger partial charge < -0.3 is 14.4 Å². The Balaban J connectivity index is 1.72. The number of aromatic nitrogens is 2. The molecule has 29 heavy (non-hydrogen) atoms. The van der Waals surface area contributed by atoms with Crippen LogP contribution in [0.2, 0.25) is 0 Å². The first-order chi connectivity index (χ1) is 13.8. The Morgan fingerprint density at radius 1 is 1.17 bits per heavy atom. The number of anilines is 1. The molecule has 0 unspecified atom stereocenters. The monoisotopic (exact) mass is 483 g/mol. The summed E-state index contributed by atoms with van der Waals surface area (Å²) < 4.78 is 29.4. The SMILES string of the molecule is CCN(CC)S(=O)(=O)c1cc(C(=O)N2CCN(c3ccc(Br)cn3)CC2)n(C)c1. The fourth-order valence-electron chi connectivity index (χ4n) is 3.46. The summed E-state index contributed by atoms with van der Waals surface area (Å²) in [7, 11) is -1.89. The van der Waals surface area contributed by atoms with E-state index < -0.39 is 10.0 Å². The molecule has 0 atom stereocenters. The Hall–Kier alpha value is -1.91. The van der Waals surface area contributed by atoms with E-state index in [1.807, 2.05) is 12.1 Å². The number of carbonyl (C=O) groups excluding carboxylic acids is 1. The highest BCUT2D eigenvalue weighted by molar-refractivity contribution is 9.10. The molecule has 0 N–H and O–H groups in total. The van der Waals surface area contributed by atoms with Crippen LogP contribution < -0.4 is 4.90 Å². The molecule has 0 radical (unpaired) electrons. The molecule has 2 aromatic rings. The Kier molecular flexibility index (Phi) is 6.65. The van der Waals surface area contributed by atoms with Gasteiger partial charge in [0.2, 0.25) is 10.0 Å². The maximum atomic E-state index is 13.0. The lowest BCUT2D eigenvalue weighted by Gasteiger charge is -2.35. The highest BCUT2D eigenvalue weighted by Crippen LogP contribution is 2.21. The molecule has 10 heteroatoms. The van der Waals surface area contributed by atoms with E-state index in [0.29, 0.717) is 45.0 Å². The standard InChI is InChI=1S/C19H26BrN5O3S/c1-4-25(5-2)29(27,28)16-12-17(22(3)14-16)19(26)24-10-8-23(9-11-24)18-7-6-15(20)13-21-18/h6-7,12-14H,4-5,8-11H2,1-3H3. The normalized spacial score (nSPS) is 15.2. The van der Waals surface area contributed by atoms with E-state index in [1.54, 1.807) is 36.6 Å². The Labute approximate surface area is 180 Å². The molecule has 3 rings (SSSR count). The summed E-state index contributed by atoms with van der Waals surface area (Å²) in [5.41, 5.74) is 0.381. The number of nitrogens with zero attached hydrogens (tertiary/aromatic N) is 5. The number of aryl methyl sites for hydroxylation is 1. The van der Waals surface area contributed by atoms with Crippen molar-refractivity contribution in [1.82, 2.24) is 18.8 Å². The number of hydrogen-bond acceptors (Lipinski definition) is 5. The zero-order chi connectivity index (χ0) is 21.2. The van der Waals surface area contributed by atoms with Gasteiger partial charge >= 0.3 is 0 Å². The van der Waals surface area contributed by atoms with Gasteiger partial charge in [0.05, 0.1) is 0 Å². The molecule has 0 aliphatic carbocycles. The van der Waals surface area contributed by atoms with Crippen molar-refractivity contribution in [2.75, 3.05) is 44.2 Å². The lowest BCUT2D eigenvalue weighted by atomic mass is 10.2. The lowest BCUT2D eigenvalue weighted by Crippen LogP contribution is -2.49. The molecule has 158 valence electrons. The summed E-state index contributed by atoms with van der Waals surface area (Å²) >= 11 is 3.38. The van der Waals surface area contributed by atoms with Crippen LogP contribution in [0.15, 0.2) is 40.0 Å². The number of carbonyl (C=O) groups is 1. The van der Waals surface area contributed by atoms with E-state index in [4.69, 9.17) is 0 Å². The van der Waals surface area contributed by atoms with Crippen LogP contribution >= 0.6 is 15.9 Å². The van der Waals surface area contributed by atoms with Gasteiger partial charge in [0.25, 0.3) is 5.91 Å². The Morgan fingerprint density at radius 2 is 1.83 bits per heavy atom. The third kappa shape index (κ3) is 4.49. The summed E-state index contributed by atoms with van der Waals surface area (Å²) in [5, 5.41) is 0. The maximum absolute atomic E-state index is 13.0. The van der Waals surface area contributed by atoms with Crippen molar-refractivity contribution in [3.8, 4) is 0 Å². The zero-order valence-corrected chi connectivity index (χ0v) is 19.3. The minimum atomic E-state index is -3.59. The number of pyridine rings is 1. The average Bonchev–Trinajstić information content (AvgIpc) is 3.11. The van der Waals surface area contributed by atoms with Gasteiger partial charge in [-0.3, -0.25) is 4.79 Å². The highest BCUT2D eigenvalue weighted by atomic mass is 79.9. The topological polar surface area (TPSA) is 78.8 Å². The fourth-order valence-corrected chi connectivity index (χ4v) is 5.22. The minimum Gasteiger partial charge on any atom is -0.353 e. The summed E-state index contributed by atoms with van der Waals surface area (Å²) in [4.78, 5) is 21.5. The van der Waals surface area contributed by atoms with Crippen molar-refractivity contribution in [1.29, 1.82) is 0 Å². The molecule has 0 aromatic carbocycles. The molecule has 1 saturated heterocycles. The number of rotatable bonds is 6. The molecule has 0 saturated carbocycles. The second-order valence-corrected chi connectivity index (χ2v) is 9.73. The summed E-state index contributed by atoms with van der Waals surface area (Å²) in [6, 6.07) is 5.38. The van der Waals surface area contributed by atoms with Crippen LogP contribution in [-0.4, -0.2) is 72.3 Å². The average molecular weight is 484 g/mol. The van der Waals surface area contributed by atoms with E-state index in [-0.39, 0.29) is 10.8 Å². The van der Waals surface area contributed by atoms with E-state index >= 15 is 0 Å². The van der Waals surface area contributed by atoms with Gasteiger partial charge in [-0.05, 0) is 34.1 Å². The smallest absolute Gasteiger partial charge is 0.270 e. The van der Waals surface area contributed by atoms with Crippen molar-refractivity contribution in [3.05, 3.63) is 40.8 Å². The van der Waals surface area contributed by atoms with E-state index in [2.05, 4.69) is 25.8 Å². The molecule has 8 nitrogen and oxygen atoms in total. The summed E-state index contributed by atoms with van der Waals surface area (Å²) in [6.07, 6.45) is 3.28. The van der Waals surface area contributed by atoms with Crippen molar-refractivity contribution >= 4 is 37.7 Å². The molecule has 1 aliphatic rings. The van der Waals surface area contributed by atoms with Gasteiger partial charge in [-0.15, -0.1) is 0 Å². The van der Waals surface area contributed by atoms with E-state index in [0.717, 1.165) is 10.3 Å². The number of halogens is 1. The molecule has 1 amide bonds. The van der Waals surface area contributed by atoms with Gasteiger partial charge in [0, 0.05) is 63.2 Å². The van der Waals surface area contributed by atoms with Crippen LogP contribution in [0.25, 0.3) is 0 Å². The van der Waals surface area contributed by atoms with Crippen molar-refractivity contribution in [2.24, 2.45) is 7.05 Å². The molecular weight excluding hydrogens is 458 g/mol. The highest BCUT2D eigenvalue weighted by Gasteiger charge is 2.28. The number of amides is 1. The maximum Gasteiger partial charge on any atom is 0.270 e. The first kappa shape index (κ1) is 21.8. The van der Waals surface area contributed by atoms with Crippen LogP contribution in [0.5, 0.6) is 0 Å². The minimum absolute atomic E-state index is 0.156. The quantitative estimate of drug-likeness (QED) is 0.628. The van der Waals surface area contributed by atoms with E-state index in [9.17, 15) is 13.2 Å².